The summed E-state index contributed by atoms with van der Waals surface area (Å²) < 4.78 is 13.9. The van der Waals surface area contributed by atoms with Gasteiger partial charge >= 0.3 is 0 Å². The van der Waals surface area contributed by atoms with E-state index >= 15 is 0 Å². The zero-order chi connectivity index (χ0) is 16.6. The first-order valence-corrected chi connectivity index (χ1v) is 8.72. The average Bonchev–Trinajstić information content (AvgIpc) is 3.32. The van der Waals surface area contributed by atoms with E-state index in [2.05, 4.69) is 38.8 Å². The second-order valence-corrected chi connectivity index (χ2v) is 6.67. The third-order valence-corrected chi connectivity index (χ3v) is 4.80. The van der Waals surface area contributed by atoms with Gasteiger partial charge in [-0.2, -0.15) is 0 Å². The third-order valence-electron chi connectivity index (χ3n) is 4.80. The van der Waals surface area contributed by atoms with Crippen molar-refractivity contribution in [2.45, 2.75) is 31.4 Å². The maximum atomic E-state index is 5.91. The van der Waals surface area contributed by atoms with E-state index in [9.17, 15) is 0 Å². The van der Waals surface area contributed by atoms with Crippen molar-refractivity contribution in [1.82, 2.24) is 14.5 Å². The van der Waals surface area contributed by atoms with Crippen LogP contribution < -0.4 is 9.47 Å². The smallest absolute Gasteiger partial charge is 0.297 e. The molecule has 5 nitrogen and oxygen atoms in total. The van der Waals surface area contributed by atoms with Crippen molar-refractivity contribution < 1.29 is 9.47 Å². The van der Waals surface area contributed by atoms with Gasteiger partial charge in [-0.3, -0.25) is 9.55 Å². The van der Waals surface area contributed by atoms with Crippen molar-refractivity contribution in [3.05, 3.63) is 60.6 Å². The van der Waals surface area contributed by atoms with E-state index < -0.39 is 0 Å². The van der Waals surface area contributed by atoms with Gasteiger partial charge < -0.3 is 9.47 Å². The number of rotatable bonds is 5. The lowest BCUT2D eigenvalue weighted by molar-refractivity contribution is 0.143. The number of ether oxygens (including phenoxy) is 2. The van der Waals surface area contributed by atoms with Gasteiger partial charge in [0.2, 0.25) is 0 Å². The van der Waals surface area contributed by atoms with Gasteiger partial charge in [-0.25, -0.2) is 4.98 Å². The topological polar surface area (TPSA) is 49.2 Å². The molecule has 0 amide bonds. The summed E-state index contributed by atoms with van der Waals surface area (Å²) in [6.45, 7) is 1.25. The molecule has 126 valence electrons. The average molecular weight is 333 g/mol. The molecule has 5 rings (SSSR count). The van der Waals surface area contributed by atoms with Crippen LogP contribution in [-0.4, -0.2) is 27.2 Å². The number of benzene rings is 1. The second-order valence-electron chi connectivity index (χ2n) is 6.67. The minimum absolute atomic E-state index is 0.0257. The summed E-state index contributed by atoms with van der Waals surface area (Å²) in [7, 11) is 0. The lowest BCUT2D eigenvalue weighted by Gasteiger charge is -2.12. The van der Waals surface area contributed by atoms with Crippen molar-refractivity contribution in [3.63, 3.8) is 0 Å². The van der Waals surface area contributed by atoms with Crippen LogP contribution >= 0.6 is 0 Å². The molecule has 1 atom stereocenters. The summed E-state index contributed by atoms with van der Waals surface area (Å²) in [6, 6.07) is 13.1. The van der Waals surface area contributed by atoms with Crippen molar-refractivity contribution in [1.29, 1.82) is 0 Å². The summed E-state index contributed by atoms with van der Waals surface area (Å²) in [6.07, 6.45) is 8.06. The molecule has 0 radical (unpaired) electrons. The summed E-state index contributed by atoms with van der Waals surface area (Å²) in [5, 5.41) is 0. The third kappa shape index (κ3) is 2.86. The van der Waals surface area contributed by atoms with Gasteiger partial charge in [0, 0.05) is 18.0 Å². The zero-order valence-electron chi connectivity index (χ0n) is 13.8. The van der Waals surface area contributed by atoms with Crippen LogP contribution in [0.4, 0.5) is 0 Å². The lowest BCUT2D eigenvalue weighted by atomic mass is 10.1. The molecule has 0 saturated heterocycles. The Hall–Kier alpha value is -2.82. The molecule has 1 saturated carbocycles. The van der Waals surface area contributed by atoms with Gasteiger partial charge in [-0.05, 0) is 48.6 Å². The molecule has 1 aliphatic heterocycles. The summed E-state index contributed by atoms with van der Waals surface area (Å²) in [5.41, 5.74) is 3.49. The molecule has 1 unspecified atom stereocenters. The first-order chi connectivity index (χ1) is 12.4. The number of pyridine rings is 1. The van der Waals surface area contributed by atoms with E-state index in [0.29, 0.717) is 12.6 Å². The molecule has 2 aromatic heterocycles. The fourth-order valence-corrected chi connectivity index (χ4v) is 3.29. The molecule has 3 heterocycles. The molecule has 2 aliphatic rings. The van der Waals surface area contributed by atoms with Crippen LogP contribution in [0.2, 0.25) is 0 Å². The first kappa shape index (κ1) is 14.5. The van der Waals surface area contributed by atoms with Gasteiger partial charge in [0.25, 0.3) is 6.01 Å². The van der Waals surface area contributed by atoms with Gasteiger partial charge in [0.05, 0.1) is 18.4 Å². The Balaban J connectivity index is 1.24. The Morgan fingerprint density at radius 1 is 1.12 bits per heavy atom. The molecular weight excluding hydrogens is 314 g/mol. The predicted molar refractivity (Wildman–Crippen MR) is 93.8 cm³/mol. The number of nitrogens with zero attached hydrogens (tertiary/aromatic N) is 3. The maximum Gasteiger partial charge on any atom is 0.297 e. The summed E-state index contributed by atoms with van der Waals surface area (Å²) >= 11 is 0. The number of imidazole rings is 1. The Labute approximate surface area is 146 Å². The van der Waals surface area contributed by atoms with E-state index in [1.165, 1.54) is 18.4 Å². The molecule has 0 spiro atoms. The predicted octanol–water partition coefficient (Wildman–Crippen LogP) is 3.66. The molecule has 0 N–H and O–H groups in total. The normalized spacial score (nSPS) is 18.6. The van der Waals surface area contributed by atoms with Gasteiger partial charge in [-0.15, -0.1) is 0 Å². The second kappa shape index (κ2) is 5.92. The number of aromatic nitrogens is 3. The summed E-state index contributed by atoms with van der Waals surface area (Å²) in [4.78, 5) is 8.55. The standard InChI is InChI=1S/C20H19N3O2/c1-2-16(10-21-9-1)19-11-22-20-23(19)12-18(25-20)13-24-17-7-5-15(6-8-17)14-3-4-14/h1-2,5-11,14,18H,3-4,12-13H2. The van der Waals surface area contributed by atoms with Crippen molar-refractivity contribution >= 4 is 0 Å². The van der Waals surface area contributed by atoms with E-state index in [-0.39, 0.29) is 6.10 Å². The molecule has 3 aromatic rings. The highest BCUT2D eigenvalue weighted by Crippen LogP contribution is 2.40. The number of hydrogen-bond acceptors (Lipinski definition) is 4. The van der Waals surface area contributed by atoms with Crippen LogP contribution in [0.15, 0.2) is 55.0 Å². The molecule has 25 heavy (non-hydrogen) atoms. The highest BCUT2D eigenvalue weighted by Gasteiger charge is 2.27. The van der Waals surface area contributed by atoms with Crippen molar-refractivity contribution in [2.24, 2.45) is 0 Å². The van der Waals surface area contributed by atoms with Crippen LogP contribution in [0.5, 0.6) is 11.8 Å². The van der Waals surface area contributed by atoms with E-state index in [1.807, 2.05) is 24.5 Å². The molecular formula is C20H19N3O2. The Morgan fingerprint density at radius 3 is 2.76 bits per heavy atom. The highest BCUT2D eigenvalue weighted by molar-refractivity contribution is 5.58. The maximum absolute atomic E-state index is 5.91. The monoisotopic (exact) mass is 333 g/mol. The fourth-order valence-electron chi connectivity index (χ4n) is 3.29. The molecule has 5 heteroatoms. The van der Waals surface area contributed by atoms with Crippen LogP contribution in [0.3, 0.4) is 0 Å². The van der Waals surface area contributed by atoms with Crippen LogP contribution in [0.25, 0.3) is 11.3 Å². The quantitative estimate of drug-likeness (QED) is 0.715. The van der Waals surface area contributed by atoms with Gasteiger partial charge in [0.15, 0.2) is 6.10 Å². The Morgan fingerprint density at radius 2 is 2.00 bits per heavy atom. The van der Waals surface area contributed by atoms with Crippen molar-refractivity contribution in [2.75, 3.05) is 6.61 Å². The Bertz CT molecular complexity index is 870. The molecule has 1 aromatic carbocycles. The van der Waals surface area contributed by atoms with E-state index in [1.54, 1.807) is 6.20 Å². The zero-order valence-corrected chi connectivity index (χ0v) is 13.8. The lowest BCUT2D eigenvalue weighted by Crippen LogP contribution is -2.23. The highest BCUT2D eigenvalue weighted by atomic mass is 16.6. The van der Waals surface area contributed by atoms with Crippen LogP contribution in [0, 0.1) is 0 Å². The molecule has 0 bridgehead atoms. The van der Waals surface area contributed by atoms with Crippen molar-refractivity contribution in [3.8, 4) is 23.0 Å². The summed E-state index contributed by atoms with van der Waals surface area (Å²) in [5.74, 6) is 1.67. The van der Waals surface area contributed by atoms with Crippen LogP contribution in [0.1, 0.15) is 24.3 Å². The number of hydrogen-bond donors (Lipinski definition) is 0. The van der Waals surface area contributed by atoms with E-state index in [4.69, 9.17) is 9.47 Å². The number of fused-ring (bicyclic) bond motifs is 1. The molecule has 1 fully saturated rings. The SMILES string of the molecule is c1cncc(-c2cnc3n2CC(COc2ccc(C4CC4)cc2)O3)c1. The minimum Gasteiger partial charge on any atom is -0.490 e. The molecule has 1 aliphatic carbocycles. The Kier molecular flexibility index (Phi) is 3.44. The largest absolute Gasteiger partial charge is 0.490 e. The van der Waals surface area contributed by atoms with E-state index in [0.717, 1.165) is 29.5 Å². The fraction of sp³-hybridized carbons (Fsp3) is 0.300. The first-order valence-electron chi connectivity index (χ1n) is 8.72. The van der Waals surface area contributed by atoms with Gasteiger partial charge in [-0.1, -0.05) is 12.1 Å². The van der Waals surface area contributed by atoms with Gasteiger partial charge in [0.1, 0.15) is 12.4 Å². The van der Waals surface area contributed by atoms with Crippen LogP contribution in [-0.2, 0) is 6.54 Å². The minimum atomic E-state index is -0.0257.